The number of hydrazone groups is 1. The molecule has 2 aromatic rings. The van der Waals surface area contributed by atoms with E-state index in [9.17, 15) is 14.9 Å². The molecule has 1 aromatic carbocycles. The fraction of sp³-hybridized carbons (Fsp3) is 0.333. The van der Waals surface area contributed by atoms with E-state index in [1.165, 1.54) is 11.1 Å². The normalized spacial score (nSPS) is 16.1. The predicted molar refractivity (Wildman–Crippen MR) is 116 cm³/mol. The summed E-state index contributed by atoms with van der Waals surface area (Å²) in [7, 11) is 0. The average Bonchev–Trinajstić information content (AvgIpc) is 3.40. The molecule has 0 saturated heterocycles. The molecule has 2 aliphatic rings. The number of nitrogens with zero attached hydrogens (tertiary/aromatic N) is 4. The molecule has 7 nitrogen and oxygen atoms in total. The molecule has 0 atom stereocenters. The van der Waals surface area contributed by atoms with Gasteiger partial charge in [-0.2, -0.15) is 10.4 Å². The summed E-state index contributed by atoms with van der Waals surface area (Å²) >= 11 is 0. The van der Waals surface area contributed by atoms with Gasteiger partial charge in [0, 0.05) is 23.9 Å². The number of esters is 1. The second-order valence-corrected chi connectivity index (χ2v) is 7.85. The van der Waals surface area contributed by atoms with Gasteiger partial charge < -0.3 is 9.30 Å². The summed E-state index contributed by atoms with van der Waals surface area (Å²) in [6, 6.07) is 14.0. The molecule has 1 aliphatic heterocycles. The van der Waals surface area contributed by atoms with Crippen LogP contribution >= 0.6 is 0 Å². The first-order valence-electron chi connectivity index (χ1n) is 10.4. The molecule has 1 fully saturated rings. The molecular weight excluding hydrogens is 392 g/mol. The Bertz CT molecular complexity index is 1120. The van der Waals surface area contributed by atoms with Gasteiger partial charge >= 0.3 is 5.97 Å². The summed E-state index contributed by atoms with van der Waals surface area (Å²) in [5.74, 6) is -1.22. The first kappa shape index (κ1) is 20.6. The van der Waals surface area contributed by atoms with Gasteiger partial charge in [-0.05, 0) is 50.0 Å². The van der Waals surface area contributed by atoms with Crippen molar-refractivity contribution in [3.8, 4) is 6.07 Å². The van der Waals surface area contributed by atoms with Crippen LogP contribution in [0.1, 0.15) is 47.8 Å². The van der Waals surface area contributed by atoms with Crippen LogP contribution in [0.3, 0.4) is 0 Å². The lowest BCUT2D eigenvalue weighted by Crippen LogP contribution is -2.29. The lowest BCUT2D eigenvalue weighted by molar-refractivity contribution is -0.148. The number of rotatable bonds is 6. The third-order valence-electron chi connectivity index (χ3n) is 5.60. The van der Waals surface area contributed by atoms with Crippen LogP contribution in [-0.4, -0.2) is 40.3 Å². The summed E-state index contributed by atoms with van der Waals surface area (Å²) in [4.78, 5) is 24.8. The second-order valence-electron chi connectivity index (χ2n) is 7.85. The van der Waals surface area contributed by atoms with Crippen LogP contribution in [0.2, 0.25) is 0 Å². The van der Waals surface area contributed by atoms with E-state index < -0.39 is 18.5 Å². The van der Waals surface area contributed by atoms with E-state index in [0.29, 0.717) is 19.0 Å². The van der Waals surface area contributed by atoms with Gasteiger partial charge in [-0.15, -0.1) is 0 Å². The summed E-state index contributed by atoms with van der Waals surface area (Å²) in [5, 5.41) is 15.1. The Balaban J connectivity index is 1.39. The van der Waals surface area contributed by atoms with Crippen LogP contribution in [0.4, 0.5) is 0 Å². The maximum Gasteiger partial charge on any atom is 0.349 e. The molecule has 1 amide bonds. The molecule has 0 N–H and O–H groups in total. The van der Waals surface area contributed by atoms with Crippen molar-refractivity contribution in [1.29, 1.82) is 5.26 Å². The van der Waals surface area contributed by atoms with Crippen LogP contribution in [0.5, 0.6) is 0 Å². The quantitative estimate of drug-likeness (QED) is 0.409. The standard InChI is InChI=1S/C24H24N4O3/c1-16-12-19(17(2)28(16)21-8-9-21)13-20(14-25)24(30)31-15-23(29)27-11-10-22(26-27)18-6-4-3-5-7-18/h3-7,12-13,21H,8-11,15H2,1-2H3/b20-13+. The Labute approximate surface area is 181 Å². The molecule has 0 radical (unpaired) electrons. The number of ether oxygens (including phenoxy) is 1. The summed E-state index contributed by atoms with van der Waals surface area (Å²) < 4.78 is 7.36. The van der Waals surface area contributed by atoms with E-state index in [1.54, 1.807) is 0 Å². The van der Waals surface area contributed by atoms with E-state index in [-0.39, 0.29) is 5.57 Å². The molecular formula is C24H24N4O3. The van der Waals surface area contributed by atoms with E-state index in [1.807, 2.05) is 56.3 Å². The number of benzene rings is 1. The van der Waals surface area contributed by atoms with E-state index >= 15 is 0 Å². The predicted octanol–water partition coefficient (Wildman–Crippen LogP) is 3.53. The van der Waals surface area contributed by atoms with E-state index in [0.717, 1.165) is 41.1 Å². The highest BCUT2D eigenvalue weighted by Gasteiger charge is 2.27. The van der Waals surface area contributed by atoms with Crippen molar-refractivity contribution in [2.75, 3.05) is 13.2 Å². The minimum atomic E-state index is -0.807. The third kappa shape index (κ3) is 4.43. The van der Waals surface area contributed by atoms with Gasteiger partial charge in [0.2, 0.25) is 0 Å². The number of aromatic nitrogens is 1. The first-order valence-corrected chi connectivity index (χ1v) is 10.4. The molecule has 7 heteroatoms. The lowest BCUT2D eigenvalue weighted by atomic mass is 10.1. The fourth-order valence-electron chi connectivity index (χ4n) is 3.89. The highest BCUT2D eigenvalue weighted by molar-refractivity contribution is 6.03. The number of hydrogen-bond donors (Lipinski definition) is 0. The number of hydrogen-bond acceptors (Lipinski definition) is 5. The van der Waals surface area contributed by atoms with Gasteiger partial charge in [0.05, 0.1) is 12.3 Å². The Morgan fingerprint density at radius 3 is 2.68 bits per heavy atom. The molecule has 0 unspecified atom stereocenters. The Kier molecular flexibility index (Phi) is 5.72. The fourth-order valence-corrected chi connectivity index (χ4v) is 3.89. The highest BCUT2D eigenvalue weighted by atomic mass is 16.5. The SMILES string of the molecule is Cc1cc(/C=C(\C#N)C(=O)OCC(=O)N2CCC(c3ccccc3)=N2)c(C)n1C1CC1. The zero-order valence-corrected chi connectivity index (χ0v) is 17.7. The van der Waals surface area contributed by atoms with Crippen LogP contribution < -0.4 is 0 Å². The van der Waals surface area contributed by atoms with Crippen molar-refractivity contribution in [1.82, 2.24) is 9.58 Å². The van der Waals surface area contributed by atoms with Crippen LogP contribution in [0, 0.1) is 25.2 Å². The molecule has 4 rings (SSSR count). The van der Waals surface area contributed by atoms with Gasteiger partial charge in [0.1, 0.15) is 11.6 Å². The summed E-state index contributed by atoms with van der Waals surface area (Å²) in [5.41, 5.74) is 4.61. The summed E-state index contributed by atoms with van der Waals surface area (Å²) in [6.45, 7) is 3.99. The number of nitriles is 1. The van der Waals surface area contributed by atoms with Gasteiger partial charge in [-0.1, -0.05) is 30.3 Å². The number of aryl methyl sites for hydroxylation is 1. The lowest BCUT2D eigenvalue weighted by Gasteiger charge is -2.11. The molecule has 1 saturated carbocycles. The smallest absolute Gasteiger partial charge is 0.349 e. The molecule has 158 valence electrons. The van der Waals surface area contributed by atoms with Crippen LogP contribution in [-0.2, 0) is 14.3 Å². The maximum absolute atomic E-state index is 12.4. The van der Waals surface area contributed by atoms with Gasteiger partial charge in [-0.25, -0.2) is 9.80 Å². The van der Waals surface area contributed by atoms with Crippen molar-refractivity contribution in [3.05, 3.63) is 64.5 Å². The monoisotopic (exact) mass is 416 g/mol. The number of amides is 1. The minimum Gasteiger partial charge on any atom is -0.451 e. The van der Waals surface area contributed by atoms with Gasteiger partial charge in [0.25, 0.3) is 5.91 Å². The van der Waals surface area contributed by atoms with Crippen molar-refractivity contribution in [2.24, 2.45) is 5.10 Å². The van der Waals surface area contributed by atoms with E-state index in [4.69, 9.17) is 4.74 Å². The maximum atomic E-state index is 12.4. The van der Waals surface area contributed by atoms with E-state index in [2.05, 4.69) is 9.67 Å². The number of carbonyl (C=O) groups excluding carboxylic acids is 2. The topological polar surface area (TPSA) is 87.7 Å². The number of carbonyl (C=O) groups is 2. The van der Waals surface area contributed by atoms with Crippen molar-refractivity contribution >= 4 is 23.7 Å². The van der Waals surface area contributed by atoms with Crippen molar-refractivity contribution in [2.45, 2.75) is 39.2 Å². The Morgan fingerprint density at radius 1 is 1.26 bits per heavy atom. The minimum absolute atomic E-state index is 0.126. The highest BCUT2D eigenvalue weighted by Crippen LogP contribution is 2.38. The zero-order chi connectivity index (χ0) is 22.0. The van der Waals surface area contributed by atoms with Crippen LogP contribution in [0.15, 0.2) is 47.1 Å². The second kappa shape index (κ2) is 8.60. The molecule has 31 heavy (non-hydrogen) atoms. The molecule has 1 aromatic heterocycles. The molecule has 0 spiro atoms. The molecule has 0 bridgehead atoms. The van der Waals surface area contributed by atoms with Gasteiger partial charge in [0.15, 0.2) is 6.61 Å². The first-order chi connectivity index (χ1) is 15.0. The van der Waals surface area contributed by atoms with Crippen molar-refractivity contribution < 1.29 is 14.3 Å². The van der Waals surface area contributed by atoms with Crippen LogP contribution in [0.25, 0.3) is 6.08 Å². The average molecular weight is 416 g/mol. The third-order valence-corrected chi connectivity index (χ3v) is 5.60. The molecule has 2 heterocycles. The zero-order valence-electron chi connectivity index (χ0n) is 17.7. The largest absolute Gasteiger partial charge is 0.451 e. The Morgan fingerprint density at radius 2 is 2.00 bits per heavy atom. The van der Waals surface area contributed by atoms with Crippen molar-refractivity contribution in [3.63, 3.8) is 0 Å². The molecule has 1 aliphatic carbocycles. The van der Waals surface area contributed by atoms with Gasteiger partial charge in [-0.3, -0.25) is 4.79 Å². The Hall–Kier alpha value is -3.66. The summed E-state index contributed by atoms with van der Waals surface area (Å²) in [6.07, 6.45) is 4.48.